The summed E-state index contributed by atoms with van der Waals surface area (Å²) in [6.45, 7) is 8.25. The maximum atomic E-state index is 4.55. The SMILES string of the molecule is CCc1cnc(CN2CCC3(CCNCC3)C2)s1. The number of hydrogen-bond acceptors (Lipinski definition) is 4. The minimum Gasteiger partial charge on any atom is -0.317 e. The largest absolute Gasteiger partial charge is 0.317 e. The molecule has 3 nitrogen and oxygen atoms in total. The van der Waals surface area contributed by atoms with Gasteiger partial charge in [-0.05, 0) is 50.7 Å². The van der Waals surface area contributed by atoms with E-state index in [9.17, 15) is 0 Å². The van der Waals surface area contributed by atoms with Crippen LogP contribution in [0.25, 0.3) is 0 Å². The standard InChI is InChI=1S/C14H23N3S/c1-2-12-9-16-13(18-12)10-17-8-5-14(11-17)3-6-15-7-4-14/h9,15H,2-8,10-11H2,1H3. The zero-order valence-corrected chi connectivity index (χ0v) is 12.1. The van der Waals surface area contributed by atoms with Crippen LogP contribution in [0.1, 0.15) is 36.1 Å². The summed E-state index contributed by atoms with van der Waals surface area (Å²) in [6.07, 6.45) is 7.29. The number of thiazole rings is 1. The highest BCUT2D eigenvalue weighted by Crippen LogP contribution is 2.39. The van der Waals surface area contributed by atoms with E-state index in [1.807, 2.05) is 11.3 Å². The molecule has 3 rings (SSSR count). The summed E-state index contributed by atoms with van der Waals surface area (Å²) in [5.74, 6) is 0. The Bertz CT molecular complexity index is 395. The van der Waals surface area contributed by atoms with Gasteiger partial charge in [-0.25, -0.2) is 4.98 Å². The quantitative estimate of drug-likeness (QED) is 0.909. The molecule has 1 aromatic rings. The molecule has 4 heteroatoms. The molecule has 0 radical (unpaired) electrons. The van der Waals surface area contributed by atoms with Gasteiger partial charge < -0.3 is 5.32 Å². The van der Waals surface area contributed by atoms with E-state index in [4.69, 9.17) is 0 Å². The van der Waals surface area contributed by atoms with E-state index < -0.39 is 0 Å². The molecule has 0 atom stereocenters. The van der Waals surface area contributed by atoms with Gasteiger partial charge in [-0.2, -0.15) is 0 Å². The number of hydrogen-bond donors (Lipinski definition) is 1. The van der Waals surface area contributed by atoms with Crippen LogP contribution in [0, 0.1) is 5.41 Å². The van der Waals surface area contributed by atoms with Crippen LogP contribution in [-0.2, 0) is 13.0 Å². The lowest BCUT2D eigenvalue weighted by Gasteiger charge is -2.33. The molecule has 3 heterocycles. The topological polar surface area (TPSA) is 28.2 Å². The number of aryl methyl sites for hydroxylation is 1. The van der Waals surface area contributed by atoms with Crippen LogP contribution in [-0.4, -0.2) is 36.1 Å². The average Bonchev–Trinajstić information content (AvgIpc) is 2.99. The van der Waals surface area contributed by atoms with Gasteiger partial charge >= 0.3 is 0 Å². The second kappa shape index (κ2) is 5.27. The molecule has 2 fully saturated rings. The zero-order valence-electron chi connectivity index (χ0n) is 11.2. The van der Waals surface area contributed by atoms with Crippen molar-refractivity contribution in [1.29, 1.82) is 0 Å². The molecule has 0 aliphatic carbocycles. The van der Waals surface area contributed by atoms with Crippen molar-refractivity contribution in [1.82, 2.24) is 15.2 Å². The summed E-state index contributed by atoms with van der Waals surface area (Å²) in [7, 11) is 0. The third kappa shape index (κ3) is 2.60. The Labute approximate surface area is 114 Å². The Hall–Kier alpha value is -0.450. The number of likely N-dealkylation sites (tertiary alicyclic amines) is 1. The first-order chi connectivity index (χ1) is 8.80. The number of piperidine rings is 1. The molecule has 100 valence electrons. The summed E-state index contributed by atoms with van der Waals surface area (Å²) in [5, 5.41) is 4.79. The molecule has 0 saturated carbocycles. The summed E-state index contributed by atoms with van der Waals surface area (Å²) >= 11 is 1.89. The lowest BCUT2D eigenvalue weighted by molar-refractivity contribution is 0.194. The van der Waals surface area contributed by atoms with E-state index in [0.717, 1.165) is 13.0 Å². The van der Waals surface area contributed by atoms with Crippen molar-refractivity contribution in [3.8, 4) is 0 Å². The first-order valence-corrected chi connectivity index (χ1v) is 7.98. The minimum atomic E-state index is 0.621. The molecule has 1 N–H and O–H groups in total. The smallest absolute Gasteiger partial charge is 0.107 e. The summed E-state index contributed by atoms with van der Waals surface area (Å²) < 4.78 is 0. The fourth-order valence-corrected chi connectivity index (χ4v) is 4.21. The molecule has 0 amide bonds. The van der Waals surface area contributed by atoms with Gasteiger partial charge in [-0.3, -0.25) is 4.90 Å². The first-order valence-electron chi connectivity index (χ1n) is 7.16. The predicted molar refractivity (Wildman–Crippen MR) is 75.9 cm³/mol. The third-order valence-corrected chi connectivity index (χ3v) is 5.62. The normalized spacial score (nSPS) is 23.8. The van der Waals surface area contributed by atoms with Crippen LogP contribution in [0.2, 0.25) is 0 Å². The van der Waals surface area contributed by atoms with E-state index >= 15 is 0 Å². The maximum absolute atomic E-state index is 4.55. The highest BCUT2D eigenvalue weighted by Gasteiger charge is 2.38. The Kier molecular flexibility index (Phi) is 3.68. The van der Waals surface area contributed by atoms with Gasteiger partial charge in [0.15, 0.2) is 0 Å². The van der Waals surface area contributed by atoms with Gasteiger partial charge in [-0.15, -0.1) is 11.3 Å². The minimum absolute atomic E-state index is 0.621. The number of nitrogens with one attached hydrogen (secondary N) is 1. The average molecular weight is 265 g/mol. The molecule has 18 heavy (non-hydrogen) atoms. The van der Waals surface area contributed by atoms with E-state index in [1.165, 1.54) is 55.3 Å². The van der Waals surface area contributed by atoms with Crippen molar-refractivity contribution in [2.75, 3.05) is 26.2 Å². The van der Waals surface area contributed by atoms with Crippen molar-refractivity contribution < 1.29 is 0 Å². The molecule has 2 aliphatic rings. The Balaban J connectivity index is 1.58. The number of nitrogens with zero attached hydrogens (tertiary/aromatic N) is 2. The monoisotopic (exact) mass is 265 g/mol. The molecular weight excluding hydrogens is 242 g/mol. The van der Waals surface area contributed by atoms with Crippen molar-refractivity contribution in [3.63, 3.8) is 0 Å². The van der Waals surface area contributed by atoms with Gasteiger partial charge in [0.1, 0.15) is 5.01 Å². The number of aromatic nitrogens is 1. The fourth-order valence-electron chi connectivity index (χ4n) is 3.30. The summed E-state index contributed by atoms with van der Waals surface area (Å²) in [4.78, 5) is 8.58. The zero-order chi connectivity index (χ0) is 12.4. The van der Waals surface area contributed by atoms with Crippen molar-refractivity contribution in [2.24, 2.45) is 5.41 Å². The lowest BCUT2D eigenvalue weighted by Crippen LogP contribution is -2.38. The van der Waals surface area contributed by atoms with Gasteiger partial charge in [0.05, 0.1) is 6.54 Å². The summed E-state index contributed by atoms with van der Waals surface area (Å²) in [6, 6.07) is 0. The molecule has 1 spiro atoms. The number of rotatable bonds is 3. The van der Waals surface area contributed by atoms with Gasteiger partial charge in [-0.1, -0.05) is 6.92 Å². The second-order valence-electron chi connectivity index (χ2n) is 5.78. The lowest BCUT2D eigenvalue weighted by atomic mass is 9.78. The van der Waals surface area contributed by atoms with E-state index in [2.05, 4.69) is 28.3 Å². The first kappa shape index (κ1) is 12.6. The Morgan fingerprint density at radius 3 is 2.94 bits per heavy atom. The van der Waals surface area contributed by atoms with Gasteiger partial charge in [0.25, 0.3) is 0 Å². The van der Waals surface area contributed by atoms with Crippen LogP contribution in [0.4, 0.5) is 0 Å². The molecule has 1 aromatic heterocycles. The van der Waals surface area contributed by atoms with Crippen LogP contribution in [0.5, 0.6) is 0 Å². The highest BCUT2D eigenvalue weighted by molar-refractivity contribution is 7.11. The van der Waals surface area contributed by atoms with Crippen LogP contribution < -0.4 is 5.32 Å². The van der Waals surface area contributed by atoms with Crippen LogP contribution >= 0.6 is 11.3 Å². The van der Waals surface area contributed by atoms with Crippen molar-refractivity contribution >= 4 is 11.3 Å². The molecule has 2 saturated heterocycles. The molecular formula is C14H23N3S. The molecule has 0 bridgehead atoms. The van der Waals surface area contributed by atoms with E-state index in [0.29, 0.717) is 5.41 Å². The Morgan fingerprint density at radius 1 is 1.39 bits per heavy atom. The van der Waals surface area contributed by atoms with Crippen LogP contribution in [0.3, 0.4) is 0 Å². The van der Waals surface area contributed by atoms with Crippen molar-refractivity contribution in [2.45, 2.75) is 39.2 Å². The second-order valence-corrected chi connectivity index (χ2v) is 6.98. The van der Waals surface area contributed by atoms with Gasteiger partial charge in [0, 0.05) is 17.6 Å². The Morgan fingerprint density at radius 2 is 2.22 bits per heavy atom. The molecule has 0 unspecified atom stereocenters. The third-order valence-electron chi connectivity index (χ3n) is 4.49. The predicted octanol–water partition coefficient (Wildman–Crippen LogP) is 2.28. The van der Waals surface area contributed by atoms with Crippen LogP contribution in [0.15, 0.2) is 6.20 Å². The molecule has 0 aromatic carbocycles. The summed E-state index contributed by atoms with van der Waals surface area (Å²) in [5.41, 5.74) is 0.621. The maximum Gasteiger partial charge on any atom is 0.107 e. The van der Waals surface area contributed by atoms with E-state index in [1.54, 1.807) is 0 Å². The van der Waals surface area contributed by atoms with Crippen molar-refractivity contribution in [3.05, 3.63) is 16.1 Å². The molecule has 2 aliphatic heterocycles. The van der Waals surface area contributed by atoms with E-state index in [-0.39, 0.29) is 0 Å². The van der Waals surface area contributed by atoms with Gasteiger partial charge in [0.2, 0.25) is 0 Å². The highest BCUT2D eigenvalue weighted by atomic mass is 32.1. The fraction of sp³-hybridized carbons (Fsp3) is 0.786.